The predicted molar refractivity (Wildman–Crippen MR) is 77.9 cm³/mol. The molecule has 4 nitrogen and oxygen atoms in total. The van der Waals surface area contributed by atoms with E-state index in [1.165, 1.54) is 18.4 Å². The topological polar surface area (TPSA) is 59.6 Å². The number of fused-ring (bicyclic) bond motifs is 1. The van der Waals surface area contributed by atoms with Gasteiger partial charge < -0.3 is 15.8 Å². The third-order valence-corrected chi connectivity index (χ3v) is 3.92. The number of benzene rings is 1. The largest absolute Gasteiger partial charge is 0.488 e. The molecule has 0 aromatic heterocycles. The van der Waals surface area contributed by atoms with Gasteiger partial charge in [0.25, 0.3) is 0 Å². The Hall–Kier alpha value is -1.55. The van der Waals surface area contributed by atoms with Gasteiger partial charge in [-0.2, -0.15) is 0 Å². The van der Waals surface area contributed by atoms with E-state index in [2.05, 4.69) is 23.3 Å². The van der Waals surface area contributed by atoms with Gasteiger partial charge in [0.1, 0.15) is 11.6 Å². The zero-order chi connectivity index (χ0) is 13.2. The molecular formula is C15H21N3O. The monoisotopic (exact) mass is 259 g/mol. The molecule has 1 aliphatic carbocycles. The lowest BCUT2D eigenvalue weighted by atomic mass is 10.0. The molecule has 0 radical (unpaired) electrons. The Morgan fingerprint density at radius 3 is 2.89 bits per heavy atom. The smallest absolute Gasteiger partial charge is 0.143 e. The van der Waals surface area contributed by atoms with Gasteiger partial charge in [-0.25, -0.2) is 0 Å². The number of para-hydroxylation sites is 1. The van der Waals surface area contributed by atoms with E-state index in [1.807, 2.05) is 12.1 Å². The van der Waals surface area contributed by atoms with Crippen LogP contribution in [-0.4, -0.2) is 18.5 Å². The number of nitrogens with two attached hydrogens (primary N) is 1. The van der Waals surface area contributed by atoms with E-state index < -0.39 is 0 Å². The zero-order valence-corrected chi connectivity index (χ0v) is 11.4. The molecule has 1 aromatic rings. The van der Waals surface area contributed by atoms with E-state index in [9.17, 15) is 0 Å². The van der Waals surface area contributed by atoms with Crippen molar-refractivity contribution in [3.63, 3.8) is 0 Å². The van der Waals surface area contributed by atoms with Gasteiger partial charge >= 0.3 is 0 Å². The fourth-order valence-electron chi connectivity index (χ4n) is 2.90. The molecule has 4 heteroatoms. The van der Waals surface area contributed by atoms with Gasteiger partial charge in [0, 0.05) is 5.56 Å². The summed E-state index contributed by atoms with van der Waals surface area (Å²) in [5.41, 5.74) is 7.94. The first-order valence-electron chi connectivity index (χ1n) is 7.11. The highest BCUT2D eigenvalue weighted by atomic mass is 16.5. The molecule has 2 aliphatic rings. The van der Waals surface area contributed by atoms with Gasteiger partial charge in [-0.1, -0.05) is 12.1 Å². The number of nitrogens with zero attached hydrogens (tertiary/aromatic N) is 1. The van der Waals surface area contributed by atoms with Crippen LogP contribution in [0, 0.1) is 0 Å². The van der Waals surface area contributed by atoms with E-state index in [4.69, 9.17) is 10.5 Å². The lowest BCUT2D eigenvalue weighted by molar-refractivity contribution is 0.211. The molecule has 0 amide bonds. The lowest BCUT2D eigenvalue weighted by Crippen LogP contribution is -2.27. The minimum absolute atomic E-state index is 0.141. The normalized spacial score (nSPS) is 22.6. The first-order valence-corrected chi connectivity index (χ1v) is 7.11. The highest BCUT2D eigenvalue weighted by molar-refractivity contribution is 6.00. The maximum Gasteiger partial charge on any atom is 0.143 e. The first kappa shape index (κ1) is 12.5. The second kappa shape index (κ2) is 5.21. The molecule has 3 rings (SSSR count). The number of ether oxygens (including phenoxy) is 1. The fraction of sp³-hybridized carbons (Fsp3) is 0.533. The Labute approximate surface area is 114 Å². The molecule has 1 fully saturated rings. The van der Waals surface area contributed by atoms with E-state index in [1.54, 1.807) is 0 Å². The number of amidine groups is 1. The summed E-state index contributed by atoms with van der Waals surface area (Å²) in [4.78, 5) is 4.54. The molecule has 102 valence electrons. The summed E-state index contributed by atoms with van der Waals surface area (Å²) in [6.07, 6.45) is 5.25. The number of aliphatic imine (C=N–C) groups is 1. The maximum absolute atomic E-state index is 6.16. The lowest BCUT2D eigenvalue weighted by Gasteiger charge is -2.26. The summed E-state index contributed by atoms with van der Waals surface area (Å²) < 4.78 is 6.16. The third kappa shape index (κ3) is 2.45. The van der Waals surface area contributed by atoms with Crippen LogP contribution < -0.4 is 15.8 Å². The minimum Gasteiger partial charge on any atom is -0.488 e. The Balaban J connectivity index is 1.89. The quantitative estimate of drug-likeness (QED) is 0.877. The average Bonchev–Trinajstić information content (AvgIpc) is 2.92. The summed E-state index contributed by atoms with van der Waals surface area (Å²) in [6.45, 7) is 2.52. The molecule has 0 saturated heterocycles. The number of hydrogen-bond acceptors (Lipinski definition) is 4. The van der Waals surface area contributed by atoms with Crippen LogP contribution in [0.25, 0.3) is 0 Å². The van der Waals surface area contributed by atoms with E-state index >= 15 is 0 Å². The highest BCUT2D eigenvalue weighted by Gasteiger charge is 2.23. The molecule has 19 heavy (non-hydrogen) atoms. The van der Waals surface area contributed by atoms with Crippen LogP contribution in [0.4, 0.5) is 5.69 Å². The van der Waals surface area contributed by atoms with Crippen molar-refractivity contribution in [2.24, 2.45) is 10.7 Å². The van der Waals surface area contributed by atoms with Crippen LogP contribution in [0.3, 0.4) is 0 Å². The van der Waals surface area contributed by atoms with Crippen molar-refractivity contribution in [2.45, 2.75) is 44.8 Å². The maximum atomic E-state index is 6.16. The van der Waals surface area contributed by atoms with Crippen LogP contribution in [0.1, 0.15) is 44.2 Å². The summed E-state index contributed by atoms with van der Waals surface area (Å²) in [7, 11) is 0. The minimum atomic E-state index is 0.141. The van der Waals surface area contributed by atoms with E-state index in [0.717, 1.165) is 30.1 Å². The molecule has 3 N–H and O–H groups in total. The van der Waals surface area contributed by atoms with Crippen molar-refractivity contribution in [2.75, 3.05) is 11.9 Å². The molecule has 1 atom stereocenters. The van der Waals surface area contributed by atoms with Gasteiger partial charge in [-0.3, -0.25) is 4.99 Å². The standard InChI is InChI=1S/C15H21N3O/c1-10-12-7-4-8-13(19-11-5-2-3-6-11)15(12)18-14(9-16)17-10/h4,7-8,10-11H,2-3,5-6,9,16H2,1H3,(H,17,18). The SMILES string of the molecule is CC1N=C(CN)Nc2c(OC3CCCC3)cccc21. The number of rotatable bonds is 3. The molecule has 1 heterocycles. The second-order valence-electron chi connectivity index (χ2n) is 5.33. The molecule has 0 spiro atoms. The van der Waals surface area contributed by atoms with Gasteiger partial charge in [0.2, 0.25) is 0 Å². The third-order valence-electron chi connectivity index (χ3n) is 3.92. The van der Waals surface area contributed by atoms with Crippen LogP contribution in [0.5, 0.6) is 5.75 Å². The number of hydrogen-bond donors (Lipinski definition) is 2. The molecular weight excluding hydrogens is 238 g/mol. The molecule has 1 aliphatic heterocycles. The summed E-state index contributed by atoms with van der Waals surface area (Å²) in [5.74, 6) is 1.78. The fourth-order valence-corrected chi connectivity index (χ4v) is 2.90. The molecule has 0 bridgehead atoms. The average molecular weight is 259 g/mol. The van der Waals surface area contributed by atoms with Gasteiger partial charge in [0.15, 0.2) is 0 Å². The first-order chi connectivity index (χ1) is 9.28. The van der Waals surface area contributed by atoms with Crippen LogP contribution >= 0.6 is 0 Å². The van der Waals surface area contributed by atoms with Crippen LogP contribution in [-0.2, 0) is 0 Å². The Bertz CT molecular complexity index is 492. The van der Waals surface area contributed by atoms with Crippen LogP contribution in [0.15, 0.2) is 23.2 Å². The van der Waals surface area contributed by atoms with Crippen molar-refractivity contribution < 1.29 is 4.74 Å². The van der Waals surface area contributed by atoms with Gasteiger partial charge in [-0.05, 0) is 38.7 Å². The van der Waals surface area contributed by atoms with Crippen LogP contribution in [0.2, 0.25) is 0 Å². The number of anilines is 1. The molecule has 1 saturated carbocycles. The molecule has 1 aromatic carbocycles. The Kier molecular flexibility index (Phi) is 3.42. The Morgan fingerprint density at radius 2 is 2.16 bits per heavy atom. The van der Waals surface area contributed by atoms with Crippen molar-refractivity contribution in [1.29, 1.82) is 0 Å². The number of nitrogens with one attached hydrogen (secondary N) is 1. The second-order valence-corrected chi connectivity index (χ2v) is 5.33. The van der Waals surface area contributed by atoms with E-state index in [-0.39, 0.29) is 6.04 Å². The summed E-state index contributed by atoms with van der Waals surface area (Å²) in [6, 6.07) is 6.33. The van der Waals surface area contributed by atoms with Gasteiger partial charge in [-0.15, -0.1) is 0 Å². The van der Waals surface area contributed by atoms with Crippen molar-refractivity contribution in [3.8, 4) is 5.75 Å². The summed E-state index contributed by atoms with van der Waals surface area (Å²) >= 11 is 0. The Morgan fingerprint density at radius 1 is 1.37 bits per heavy atom. The van der Waals surface area contributed by atoms with Crippen molar-refractivity contribution in [3.05, 3.63) is 23.8 Å². The zero-order valence-electron chi connectivity index (χ0n) is 11.4. The van der Waals surface area contributed by atoms with E-state index in [0.29, 0.717) is 12.6 Å². The summed E-state index contributed by atoms with van der Waals surface area (Å²) in [5, 5.41) is 3.32. The highest BCUT2D eigenvalue weighted by Crippen LogP contribution is 2.38. The van der Waals surface area contributed by atoms with Crippen molar-refractivity contribution in [1.82, 2.24) is 0 Å². The van der Waals surface area contributed by atoms with Crippen molar-refractivity contribution >= 4 is 11.5 Å². The van der Waals surface area contributed by atoms with Gasteiger partial charge in [0.05, 0.1) is 24.4 Å². The molecule has 1 unspecified atom stereocenters. The predicted octanol–water partition coefficient (Wildman–Crippen LogP) is 2.85.